The van der Waals surface area contributed by atoms with E-state index in [1.54, 1.807) is 14.0 Å². The van der Waals surface area contributed by atoms with Gasteiger partial charge >= 0.3 is 0 Å². The molecule has 0 spiro atoms. The number of carbonyl (C=O) groups is 1. The molecule has 0 bridgehead atoms. The SMILES string of the molecule is COc1ccc(CCC(C)=O)cc1CI. The molecule has 1 aromatic carbocycles. The zero-order chi connectivity index (χ0) is 11.3. The highest BCUT2D eigenvalue weighted by Crippen LogP contribution is 2.23. The van der Waals surface area contributed by atoms with Crippen LogP contribution in [0.4, 0.5) is 0 Å². The summed E-state index contributed by atoms with van der Waals surface area (Å²) in [6, 6.07) is 6.12. The van der Waals surface area contributed by atoms with Gasteiger partial charge in [-0.25, -0.2) is 0 Å². The molecule has 0 aliphatic carbocycles. The summed E-state index contributed by atoms with van der Waals surface area (Å²) in [6.07, 6.45) is 1.44. The lowest BCUT2D eigenvalue weighted by atomic mass is 10.1. The summed E-state index contributed by atoms with van der Waals surface area (Å²) in [4.78, 5) is 10.9. The van der Waals surface area contributed by atoms with Gasteiger partial charge in [0.05, 0.1) is 7.11 Å². The topological polar surface area (TPSA) is 26.3 Å². The van der Waals surface area contributed by atoms with Gasteiger partial charge in [0.1, 0.15) is 11.5 Å². The number of carbonyl (C=O) groups excluding carboxylic acids is 1. The van der Waals surface area contributed by atoms with Gasteiger partial charge in [-0.05, 0) is 25.0 Å². The number of benzene rings is 1. The summed E-state index contributed by atoms with van der Waals surface area (Å²) < 4.78 is 6.17. The van der Waals surface area contributed by atoms with Crippen LogP contribution in [0.15, 0.2) is 18.2 Å². The quantitative estimate of drug-likeness (QED) is 0.616. The minimum absolute atomic E-state index is 0.238. The van der Waals surface area contributed by atoms with E-state index in [0.717, 1.165) is 16.6 Å². The fourth-order valence-electron chi connectivity index (χ4n) is 1.41. The van der Waals surface area contributed by atoms with Gasteiger partial charge in [-0.15, -0.1) is 0 Å². The van der Waals surface area contributed by atoms with Crippen molar-refractivity contribution in [2.24, 2.45) is 0 Å². The van der Waals surface area contributed by atoms with Crippen LogP contribution in [0.3, 0.4) is 0 Å². The van der Waals surface area contributed by atoms with Crippen LogP contribution >= 0.6 is 22.6 Å². The van der Waals surface area contributed by atoms with Crippen molar-refractivity contribution < 1.29 is 9.53 Å². The fourth-order valence-corrected chi connectivity index (χ4v) is 2.01. The number of halogens is 1. The zero-order valence-electron chi connectivity index (χ0n) is 9.05. The number of rotatable bonds is 5. The molecule has 3 heteroatoms. The van der Waals surface area contributed by atoms with E-state index in [2.05, 4.69) is 28.7 Å². The minimum Gasteiger partial charge on any atom is -0.496 e. The summed E-state index contributed by atoms with van der Waals surface area (Å²) in [5.74, 6) is 1.16. The van der Waals surface area contributed by atoms with Gasteiger partial charge in [-0.1, -0.05) is 34.7 Å². The summed E-state index contributed by atoms with van der Waals surface area (Å²) in [6.45, 7) is 1.63. The lowest BCUT2D eigenvalue weighted by Gasteiger charge is -2.08. The van der Waals surface area contributed by atoms with Gasteiger partial charge in [0.15, 0.2) is 0 Å². The summed E-state index contributed by atoms with van der Waals surface area (Å²) in [5.41, 5.74) is 2.40. The molecule has 0 saturated carbocycles. The third-order valence-electron chi connectivity index (χ3n) is 2.25. The predicted molar refractivity (Wildman–Crippen MR) is 69.7 cm³/mol. The van der Waals surface area contributed by atoms with Crippen LogP contribution in [-0.2, 0) is 15.6 Å². The Kier molecular flexibility index (Phi) is 5.08. The van der Waals surface area contributed by atoms with E-state index in [1.807, 2.05) is 12.1 Å². The van der Waals surface area contributed by atoms with E-state index in [1.165, 1.54) is 11.1 Å². The van der Waals surface area contributed by atoms with Gasteiger partial charge in [0.25, 0.3) is 0 Å². The maximum absolute atomic E-state index is 10.9. The Hall–Kier alpha value is -0.580. The van der Waals surface area contributed by atoms with E-state index < -0.39 is 0 Å². The van der Waals surface area contributed by atoms with Crippen LogP contribution in [0.5, 0.6) is 5.75 Å². The number of ether oxygens (including phenoxy) is 1. The molecular formula is C12H15IO2. The monoisotopic (exact) mass is 318 g/mol. The molecule has 15 heavy (non-hydrogen) atoms. The Labute approximate surface area is 104 Å². The maximum atomic E-state index is 10.9. The zero-order valence-corrected chi connectivity index (χ0v) is 11.2. The molecule has 0 fully saturated rings. The second kappa shape index (κ2) is 6.10. The van der Waals surface area contributed by atoms with Gasteiger partial charge in [0.2, 0.25) is 0 Å². The van der Waals surface area contributed by atoms with Crippen molar-refractivity contribution in [3.63, 3.8) is 0 Å². The molecule has 0 atom stereocenters. The fraction of sp³-hybridized carbons (Fsp3) is 0.417. The van der Waals surface area contributed by atoms with Crippen LogP contribution in [-0.4, -0.2) is 12.9 Å². The Morgan fingerprint density at radius 1 is 1.47 bits per heavy atom. The molecule has 0 aliphatic rings. The highest BCUT2D eigenvalue weighted by Gasteiger charge is 2.03. The van der Waals surface area contributed by atoms with Gasteiger partial charge < -0.3 is 9.53 Å². The maximum Gasteiger partial charge on any atom is 0.130 e. The summed E-state index contributed by atoms with van der Waals surface area (Å²) >= 11 is 2.31. The van der Waals surface area contributed by atoms with Crippen LogP contribution in [0.25, 0.3) is 0 Å². The number of methoxy groups -OCH3 is 1. The normalized spacial score (nSPS) is 10.1. The van der Waals surface area contributed by atoms with Crippen molar-refractivity contribution >= 4 is 28.4 Å². The second-order valence-electron chi connectivity index (χ2n) is 3.48. The molecule has 1 rings (SSSR count). The lowest BCUT2D eigenvalue weighted by molar-refractivity contribution is -0.116. The van der Waals surface area contributed by atoms with E-state index in [9.17, 15) is 4.79 Å². The van der Waals surface area contributed by atoms with Crippen molar-refractivity contribution in [1.29, 1.82) is 0 Å². The first kappa shape index (κ1) is 12.5. The highest BCUT2D eigenvalue weighted by atomic mass is 127. The Bertz CT molecular complexity index is 347. The van der Waals surface area contributed by atoms with Crippen LogP contribution in [0.1, 0.15) is 24.5 Å². The van der Waals surface area contributed by atoms with Crippen LogP contribution in [0.2, 0.25) is 0 Å². The molecular weight excluding hydrogens is 303 g/mol. The van der Waals surface area contributed by atoms with Gasteiger partial charge in [-0.3, -0.25) is 0 Å². The third-order valence-corrected chi connectivity index (χ3v) is 3.08. The molecule has 0 aliphatic heterocycles. The lowest BCUT2D eigenvalue weighted by Crippen LogP contribution is -1.96. The molecule has 0 aromatic heterocycles. The molecule has 0 unspecified atom stereocenters. The van der Waals surface area contributed by atoms with E-state index in [-0.39, 0.29) is 5.78 Å². The first-order valence-electron chi connectivity index (χ1n) is 4.88. The van der Waals surface area contributed by atoms with Crippen LogP contribution in [0, 0.1) is 0 Å². The smallest absolute Gasteiger partial charge is 0.130 e. The summed E-state index contributed by atoms with van der Waals surface area (Å²) in [5, 5.41) is 0. The molecule has 1 aromatic rings. The first-order valence-corrected chi connectivity index (χ1v) is 6.41. The van der Waals surface area contributed by atoms with Crippen molar-refractivity contribution in [3.8, 4) is 5.75 Å². The molecule has 0 heterocycles. The molecule has 0 N–H and O–H groups in total. The molecule has 82 valence electrons. The number of aryl methyl sites for hydroxylation is 1. The van der Waals surface area contributed by atoms with Crippen molar-refractivity contribution in [1.82, 2.24) is 0 Å². The third kappa shape index (κ3) is 3.81. The summed E-state index contributed by atoms with van der Waals surface area (Å²) in [7, 11) is 1.68. The Morgan fingerprint density at radius 2 is 2.20 bits per heavy atom. The number of hydrogen-bond donors (Lipinski definition) is 0. The van der Waals surface area contributed by atoms with E-state index >= 15 is 0 Å². The van der Waals surface area contributed by atoms with Gasteiger partial charge in [-0.2, -0.15) is 0 Å². The Balaban J connectivity index is 2.78. The Morgan fingerprint density at radius 3 is 2.73 bits per heavy atom. The first-order chi connectivity index (χ1) is 7.17. The largest absolute Gasteiger partial charge is 0.496 e. The van der Waals surface area contributed by atoms with Gasteiger partial charge in [0, 0.05) is 16.4 Å². The highest BCUT2D eigenvalue weighted by molar-refractivity contribution is 14.1. The predicted octanol–water partition coefficient (Wildman–Crippen LogP) is 3.15. The molecule has 2 nitrogen and oxygen atoms in total. The number of Topliss-reactive ketones (excluding diaryl/α,β-unsaturated/α-hetero) is 1. The number of alkyl halides is 1. The number of ketones is 1. The van der Waals surface area contributed by atoms with Crippen LogP contribution < -0.4 is 4.74 Å². The van der Waals surface area contributed by atoms with E-state index in [0.29, 0.717) is 6.42 Å². The van der Waals surface area contributed by atoms with Crippen molar-refractivity contribution in [2.75, 3.05) is 7.11 Å². The minimum atomic E-state index is 0.238. The second-order valence-corrected chi connectivity index (χ2v) is 4.24. The number of hydrogen-bond acceptors (Lipinski definition) is 2. The van der Waals surface area contributed by atoms with E-state index in [4.69, 9.17) is 4.74 Å². The molecule has 0 radical (unpaired) electrons. The molecule has 0 saturated heterocycles. The molecule has 0 amide bonds. The standard InChI is InChI=1S/C12H15IO2/c1-9(14)3-4-10-5-6-12(15-2)11(7-10)8-13/h5-7H,3-4,8H2,1-2H3. The van der Waals surface area contributed by atoms with Crippen molar-refractivity contribution in [3.05, 3.63) is 29.3 Å². The van der Waals surface area contributed by atoms with Crippen molar-refractivity contribution in [2.45, 2.75) is 24.2 Å². The average Bonchev–Trinajstić information content (AvgIpc) is 2.25. The average molecular weight is 318 g/mol.